The van der Waals surface area contributed by atoms with Crippen molar-refractivity contribution in [3.8, 4) is 0 Å². The normalized spacial score (nSPS) is 34.6. The molecule has 3 fully saturated rings. The van der Waals surface area contributed by atoms with E-state index in [1.165, 1.54) is 32.1 Å². The molecule has 0 amide bonds. The molecular formula is C19H32O4. The lowest BCUT2D eigenvalue weighted by Gasteiger charge is -2.22. The predicted molar refractivity (Wildman–Crippen MR) is 88.8 cm³/mol. The van der Waals surface area contributed by atoms with Gasteiger partial charge < -0.3 is 9.47 Å². The van der Waals surface area contributed by atoms with E-state index in [2.05, 4.69) is 0 Å². The molecule has 0 spiro atoms. The lowest BCUT2D eigenvalue weighted by Crippen LogP contribution is -2.15. The van der Waals surface area contributed by atoms with Gasteiger partial charge >= 0.3 is 11.9 Å². The van der Waals surface area contributed by atoms with Crippen molar-refractivity contribution in [1.29, 1.82) is 0 Å². The van der Waals surface area contributed by atoms with Crippen molar-refractivity contribution in [3.05, 3.63) is 0 Å². The quantitative estimate of drug-likeness (QED) is 0.728. The molecule has 1 aliphatic carbocycles. The number of ether oxygens (including phenoxy) is 2. The summed E-state index contributed by atoms with van der Waals surface area (Å²) in [5, 5.41) is 0. The van der Waals surface area contributed by atoms with E-state index < -0.39 is 0 Å². The van der Waals surface area contributed by atoms with Crippen molar-refractivity contribution in [1.82, 2.24) is 0 Å². The summed E-state index contributed by atoms with van der Waals surface area (Å²) in [5.41, 5.74) is 0. The summed E-state index contributed by atoms with van der Waals surface area (Å²) in [6, 6.07) is 0. The zero-order chi connectivity index (χ0) is 16.8. The molecule has 2 saturated heterocycles. The van der Waals surface area contributed by atoms with Gasteiger partial charge in [0.15, 0.2) is 0 Å². The standard InChI is InChI=1S/C12H20O2.C7H12O2/c1-9-7-11(12(13)14-9)8-10-5-3-2-4-6-10;1-3-6-4-5(2)9-7(6)8/h9-11H,2-8H2,1H3;5-6H,3-4H2,1-2H3/t9-,11-;5-,6+/m00/s1. The van der Waals surface area contributed by atoms with E-state index in [0.717, 1.165) is 31.6 Å². The van der Waals surface area contributed by atoms with E-state index in [0.29, 0.717) is 0 Å². The summed E-state index contributed by atoms with van der Waals surface area (Å²) in [6.07, 6.45) is 11.0. The Hall–Kier alpha value is -1.06. The van der Waals surface area contributed by atoms with Gasteiger partial charge in [-0.15, -0.1) is 0 Å². The SMILES string of the molecule is CC[C@@H]1C[C@H](C)OC1=O.C[C@H]1C[C@@H](CC2CCCCC2)C(=O)O1. The van der Waals surface area contributed by atoms with Gasteiger partial charge in [-0.25, -0.2) is 0 Å². The minimum Gasteiger partial charge on any atom is -0.462 e. The smallest absolute Gasteiger partial charge is 0.309 e. The predicted octanol–water partition coefficient (Wildman–Crippen LogP) is 4.26. The first-order valence-corrected chi connectivity index (χ1v) is 9.40. The van der Waals surface area contributed by atoms with Crippen LogP contribution < -0.4 is 0 Å². The Morgan fingerprint density at radius 3 is 1.78 bits per heavy atom. The van der Waals surface area contributed by atoms with E-state index in [1.54, 1.807) is 0 Å². The zero-order valence-corrected chi connectivity index (χ0v) is 14.9. The number of rotatable bonds is 3. The highest BCUT2D eigenvalue weighted by Crippen LogP contribution is 2.33. The summed E-state index contributed by atoms with van der Waals surface area (Å²) in [6.45, 7) is 5.95. The van der Waals surface area contributed by atoms with Crippen molar-refractivity contribution in [2.45, 2.75) is 90.8 Å². The van der Waals surface area contributed by atoms with Crippen LogP contribution in [0.5, 0.6) is 0 Å². The fourth-order valence-corrected chi connectivity index (χ4v) is 4.03. The van der Waals surface area contributed by atoms with Gasteiger partial charge in [0.05, 0.1) is 24.0 Å². The minimum atomic E-state index is -0.00926. The number of cyclic esters (lactones) is 2. The third-order valence-corrected chi connectivity index (χ3v) is 5.37. The molecule has 0 bridgehead atoms. The van der Waals surface area contributed by atoms with Crippen LogP contribution in [0.4, 0.5) is 0 Å². The summed E-state index contributed by atoms with van der Waals surface area (Å²) in [4.78, 5) is 22.2. The van der Waals surface area contributed by atoms with Gasteiger partial charge in [0, 0.05) is 0 Å². The highest BCUT2D eigenvalue weighted by Gasteiger charge is 2.33. The molecule has 0 N–H and O–H groups in total. The van der Waals surface area contributed by atoms with Crippen molar-refractivity contribution in [3.63, 3.8) is 0 Å². The van der Waals surface area contributed by atoms with Crippen LogP contribution in [-0.4, -0.2) is 24.1 Å². The average Bonchev–Trinajstić information content (AvgIpc) is 3.01. The number of hydrogen-bond acceptors (Lipinski definition) is 4. The van der Waals surface area contributed by atoms with Crippen LogP contribution in [0.3, 0.4) is 0 Å². The van der Waals surface area contributed by atoms with Crippen LogP contribution in [0.15, 0.2) is 0 Å². The zero-order valence-electron chi connectivity index (χ0n) is 14.9. The molecule has 0 aromatic carbocycles. The summed E-state index contributed by atoms with van der Waals surface area (Å²) < 4.78 is 10.1. The Balaban J connectivity index is 0.000000185. The number of hydrogen-bond donors (Lipinski definition) is 0. The van der Waals surface area contributed by atoms with Gasteiger partial charge in [0.1, 0.15) is 0 Å². The molecule has 23 heavy (non-hydrogen) atoms. The van der Waals surface area contributed by atoms with E-state index >= 15 is 0 Å². The van der Waals surface area contributed by atoms with Crippen LogP contribution in [0, 0.1) is 17.8 Å². The molecule has 2 aliphatic heterocycles. The molecule has 3 aliphatic rings. The Morgan fingerprint density at radius 2 is 1.39 bits per heavy atom. The summed E-state index contributed by atoms with van der Waals surface area (Å²) in [7, 11) is 0. The Bertz CT molecular complexity index is 400. The number of carbonyl (C=O) groups is 2. The molecule has 0 aromatic rings. The average molecular weight is 324 g/mol. The van der Waals surface area contributed by atoms with E-state index in [9.17, 15) is 9.59 Å². The molecule has 3 rings (SSSR count). The first kappa shape index (κ1) is 18.3. The topological polar surface area (TPSA) is 52.6 Å². The molecule has 4 heteroatoms. The van der Waals surface area contributed by atoms with Gasteiger partial charge in [-0.3, -0.25) is 9.59 Å². The van der Waals surface area contributed by atoms with Crippen LogP contribution in [-0.2, 0) is 19.1 Å². The maximum Gasteiger partial charge on any atom is 0.309 e. The Labute approximate surface area is 140 Å². The van der Waals surface area contributed by atoms with E-state index in [4.69, 9.17) is 9.47 Å². The van der Waals surface area contributed by atoms with E-state index in [1.807, 2.05) is 20.8 Å². The molecule has 0 aromatic heterocycles. The summed E-state index contributed by atoms with van der Waals surface area (Å²) in [5.74, 6) is 1.24. The third-order valence-electron chi connectivity index (χ3n) is 5.37. The fraction of sp³-hybridized carbons (Fsp3) is 0.895. The first-order valence-electron chi connectivity index (χ1n) is 9.40. The largest absolute Gasteiger partial charge is 0.462 e. The second-order valence-electron chi connectivity index (χ2n) is 7.51. The maximum absolute atomic E-state index is 11.4. The van der Waals surface area contributed by atoms with Crippen LogP contribution in [0.25, 0.3) is 0 Å². The minimum absolute atomic E-state index is 0.00926. The van der Waals surface area contributed by atoms with Gasteiger partial charge in [-0.2, -0.15) is 0 Å². The second-order valence-corrected chi connectivity index (χ2v) is 7.51. The lowest BCUT2D eigenvalue weighted by atomic mass is 9.82. The molecule has 4 atom stereocenters. The highest BCUT2D eigenvalue weighted by molar-refractivity contribution is 5.74. The molecule has 1 saturated carbocycles. The highest BCUT2D eigenvalue weighted by atomic mass is 16.6. The fourth-order valence-electron chi connectivity index (χ4n) is 4.03. The first-order chi connectivity index (χ1) is 11.0. The van der Waals surface area contributed by atoms with Crippen molar-refractivity contribution >= 4 is 11.9 Å². The monoisotopic (exact) mass is 324 g/mol. The molecule has 4 nitrogen and oxygen atoms in total. The lowest BCUT2D eigenvalue weighted by molar-refractivity contribution is -0.145. The second kappa shape index (κ2) is 8.70. The Kier molecular flexibility index (Phi) is 6.91. The van der Waals surface area contributed by atoms with Crippen molar-refractivity contribution in [2.75, 3.05) is 0 Å². The van der Waals surface area contributed by atoms with Gasteiger partial charge in [0.2, 0.25) is 0 Å². The van der Waals surface area contributed by atoms with E-state index in [-0.39, 0.29) is 36.0 Å². The van der Waals surface area contributed by atoms with Gasteiger partial charge in [-0.05, 0) is 45.4 Å². The molecule has 0 unspecified atom stereocenters. The van der Waals surface area contributed by atoms with Crippen LogP contribution >= 0.6 is 0 Å². The number of esters is 2. The van der Waals surface area contributed by atoms with Crippen molar-refractivity contribution < 1.29 is 19.1 Å². The van der Waals surface area contributed by atoms with Crippen molar-refractivity contribution in [2.24, 2.45) is 17.8 Å². The molecule has 132 valence electrons. The van der Waals surface area contributed by atoms with Gasteiger partial charge in [0.25, 0.3) is 0 Å². The molecule has 2 heterocycles. The molecular weight excluding hydrogens is 292 g/mol. The summed E-state index contributed by atoms with van der Waals surface area (Å²) >= 11 is 0. The van der Waals surface area contributed by atoms with Gasteiger partial charge in [-0.1, -0.05) is 39.0 Å². The number of carbonyl (C=O) groups excluding carboxylic acids is 2. The van der Waals surface area contributed by atoms with Crippen LogP contribution in [0.1, 0.15) is 78.6 Å². The molecule has 0 radical (unpaired) electrons. The Morgan fingerprint density at radius 1 is 0.870 bits per heavy atom. The maximum atomic E-state index is 11.4. The van der Waals surface area contributed by atoms with Crippen LogP contribution in [0.2, 0.25) is 0 Å². The third kappa shape index (κ3) is 5.50.